The number of hydrogen-bond acceptors (Lipinski definition) is 5. The molecule has 120 valence electrons. The molecule has 0 radical (unpaired) electrons. The van der Waals surface area contributed by atoms with Gasteiger partial charge in [-0.15, -0.1) is 0 Å². The van der Waals surface area contributed by atoms with Gasteiger partial charge in [-0.1, -0.05) is 17.3 Å². The fraction of sp³-hybridized carbons (Fsp3) is 0.118. The fourth-order valence-corrected chi connectivity index (χ4v) is 2.43. The van der Waals surface area contributed by atoms with Crippen LogP contribution in [0.4, 0.5) is 0 Å². The molecule has 0 aliphatic rings. The van der Waals surface area contributed by atoms with Gasteiger partial charge in [-0.2, -0.15) is 0 Å². The molecule has 3 heterocycles. The minimum Gasteiger partial charge on any atom is -0.461 e. The van der Waals surface area contributed by atoms with Crippen LogP contribution in [0, 0.1) is 0 Å². The van der Waals surface area contributed by atoms with Crippen molar-refractivity contribution in [3.05, 3.63) is 60.2 Å². The third kappa shape index (κ3) is 2.79. The highest BCUT2D eigenvalue weighted by atomic mass is 16.5. The van der Waals surface area contributed by atoms with Gasteiger partial charge in [0.25, 0.3) is 5.91 Å². The summed E-state index contributed by atoms with van der Waals surface area (Å²) in [5, 5.41) is 6.56. The lowest BCUT2D eigenvalue weighted by molar-refractivity contribution is 0.0945. The Bertz CT molecular complexity index is 936. The van der Waals surface area contributed by atoms with E-state index in [1.54, 1.807) is 18.2 Å². The first-order valence-electron chi connectivity index (χ1n) is 7.52. The van der Waals surface area contributed by atoms with Gasteiger partial charge >= 0.3 is 0 Å². The quantitative estimate of drug-likeness (QED) is 0.589. The second kappa shape index (κ2) is 6.04. The van der Waals surface area contributed by atoms with Gasteiger partial charge in [-0.3, -0.25) is 4.79 Å². The molecule has 3 aromatic heterocycles. The normalized spacial score (nSPS) is 11.0. The van der Waals surface area contributed by atoms with Gasteiger partial charge in [-0.05, 0) is 24.3 Å². The zero-order valence-electron chi connectivity index (χ0n) is 12.7. The van der Waals surface area contributed by atoms with Gasteiger partial charge in [0.2, 0.25) is 5.76 Å². The molecule has 0 bridgehead atoms. The van der Waals surface area contributed by atoms with E-state index in [1.807, 2.05) is 24.3 Å². The second-order valence-corrected chi connectivity index (χ2v) is 5.26. The van der Waals surface area contributed by atoms with Crippen molar-refractivity contribution in [2.75, 3.05) is 6.54 Å². The molecule has 0 fully saturated rings. The number of benzene rings is 1. The van der Waals surface area contributed by atoms with Crippen LogP contribution in [0.2, 0.25) is 0 Å². The van der Waals surface area contributed by atoms with E-state index in [-0.39, 0.29) is 11.6 Å². The molecule has 1 aromatic carbocycles. The van der Waals surface area contributed by atoms with Crippen molar-refractivity contribution in [2.24, 2.45) is 0 Å². The summed E-state index contributed by atoms with van der Waals surface area (Å²) in [4.78, 5) is 19.8. The standard InChI is InChI=1S/C17H14N4O3/c22-17(13-10-15(24-21-13)14-6-3-9-23-14)18-8-7-16-19-11-4-1-2-5-12(11)20-16/h1-6,9-10H,7-8H2,(H,18,22)(H,19,20). The van der Waals surface area contributed by atoms with Crippen LogP contribution in [0.25, 0.3) is 22.6 Å². The van der Waals surface area contributed by atoms with Crippen molar-refractivity contribution in [2.45, 2.75) is 6.42 Å². The summed E-state index contributed by atoms with van der Waals surface area (Å²) in [5.74, 6) is 1.48. The molecular weight excluding hydrogens is 308 g/mol. The largest absolute Gasteiger partial charge is 0.461 e. The lowest BCUT2D eigenvalue weighted by Crippen LogP contribution is -2.26. The first-order valence-corrected chi connectivity index (χ1v) is 7.52. The number of amides is 1. The zero-order valence-corrected chi connectivity index (χ0v) is 12.7. The number of carbonyl (C=O) groups excluding carboxylic acids is 1. The number of rotatable bonds is 5. The minimum absolute atomic E-state index is 0.214. The first kappa shape index (κ1) is 14.3. The second-order valence-electron chi connectivity index (χ2n) is 5.26. The van der Waals surface area contributed by atoms with Gasteiger partial charge < -0.3 is 19.2 Å². The SMILES string of the molecule is O=C(NCCc1nc2ccccc2[nH]1)c1cc(-c2ccco2)on1. The number of fused-ring (bicyclic) bond motifs is 1. The highest BCUT2D eigenvalue weighted by Gasteiger charge is 2.14. The van der Waals surface area contributed by atoms with Crippen LogP contribution in [0.3, 0.4) is 0 Å². The number of aromatic amines is 1. The zero-order chi connectivity index (χ0) is 16.4. The Morgan fingerprint density at radius 3 is 2.92 bits per heavy atom. The number of furan rings is 1. The number of aromatic nitrogens is 3. The molecule has 7 nitrogen and oxygen atoms in total. The predicted molar refractivity (Wildman–Crippen MR) is 86.3 cm³/mol. The summed E-state index contributed by atoms with van der Waals surface area (Å²) in [6, 6.07) is 12.8. The van der Waals surface area contributed by atoms with E-state index in [9.17, 15) is 4.79 Å². The molecule has 2 N–H and O–H groups in total. The van der Waals surface area contributed by atoms with Crippen molar-refractivity contribution >= 4 is 16.9 Å². The molecule has 0 saturated heterocycles. The van der Waals surface area contributed by atoms with E-state index in [0.29, 0.717) is 24.5 Å². The number of hydrogen-bond donors (Lipinski definition) is 2. The lowest BCUT2D eigenvalue weighted by atomic mass is 10.3. The van der Waals surface area contributed by atoms with E-state index in [1.165, 1.54) is 6.26 Å². The molecule has 0 unspecified atom stereocenters. The highest BCUT2D eigenvalue weighted by molar-refractivity contribution is 5.92. The molecule has 1 amide bonds. The third-order valence-corrected chi connectivity index (χ3v) is 3.59. The Morgan fingerprint density at radius 1 is 1.17 bits per heavy atom. The Labute approximate surface area is 136 Å². The van der Waals surface area contributed by atoms with E-state index >= 15 is 0 Å². The molecule has 0 saturated carbocycles. The van der Waals surface area contributed by atoms with E-state index in [0.717, 1.165) is 16.9 Å². The molecule has 4 rings (SSSR count). The molecule has 0 aliphatic heterocycles. The summed E-state index contributed by atoms with van der Waals surface area (Å²) >= 11 is 0. The predicted octanol–water partition coefficient (Wildman–Crippen LogP) is 2.78. The van der Waals surface area contributed by atoms with Crippen LogP contribution >= 0.6 is 0 Å². The summed E-state index contributed by atoms with van der Waals surface area (Å²) in [7, 11) is 0. The molecule has 24 heavy (non-hydrogen) atoms. The Hall–Kier alpha value is -3.35. The monoisotopic (exact) mass is 322 g/mol. The smallest absolute Gasteiger partial charge is 0.273 e. The summed E-state index contributed by atoms with van der Waals surface area (Å²) in [6.45, 7) is 0.446. The molecule has 0 aliphatic carbocycles. The van der Waals surface area contributed by atoms with Gasteiger partial charge in [0.05, 0.1) is 17.3 Å². The number of carbonyl (C=O) groups is 1. The van der Waals surface area contributed by atoms with E-state index in [2.05, 4.69) is 20.4 Å². The third-order valence-electron chi connectivity index (χ3n) is 3.59. The van der Waals surface area contributed by atoms with Crippen LogP contribution in [0.1, 0.15) is 16.3 Å². The molecule has 0 atom stereocenters. The summed E-state index contributed by atoms with van der Waals surface area (Å²) < 4.78 is 10.3. The number of imidazole rings is 1. The Morgan fingerprint density at radius 2 is 2.08 bits per heavy atom. The number of nitrogens with zero attached hydrogens (tertiary/aromatic N) is 2. The maximum atomic E-state index is 12.1. The topological polar surface area (TPSA) is 97.0 Å². The fourth-order valence-electron chi connectivity index (χ4n) is 2.43. The van der Waals surface area contributed by atoms with E-state index in [4.69, 9.17) is 8.94 Å². The maximum absolute atomic E-state index is 12.1. The molecule has 0 spiro atoms. The molecule has 4 aromatic rings. The van der Waals surface area contributed by atoms with Gasteiger partial charge in [0.15, 0.2) is 11.5 Å². The maximum Gasteiger partial charge on any atom is 0.273 e. The number of para-hydroxylation sites is 2. The molecule has 7 heteroatoms. The Balaban J connectivity index is 1.36. The van der Waals surface area contributed by atoms with Crippen LogP contribution < -0.4 is 5.32 Å². The van der Waals surface area contributed by atoms with Crippen molar-refractivity contribution < 1.29 is 13.7 Å². The van der Waals surface area contributed by atoms with Crippen molar-refractivity contribution in [3.63, 3.8) is 0 Å². The van der Waals surface area contributed by atoms with Crippen molar-refractivity contribution in [3.8, 4) is 11.5 Å². The van der Waals surface area contributed by atoms with Gasteiger partial charge in [0, 0.05) is 19.0 Å². The van der Waals surface area contributed by atoms with Gasteiger partial charge in [-0.25, -0.2) is 4.98 Å². The Kier molecular flexibility index (Phi) is 3.59. The number of nitrogens with one attached hydrogen (secondary N) is 2. The van der Waals surface area contributed by atoms with Crippen molar-refractivity contribution in [1.29, 1.82) is 0 Å². The molecular formula is C17H14N4O3. The number of H-pyrrole nitrogens is 1. The average Bonchev–Trinajstić information content (AvgIpc) is 3.33. The van der Waals surface area contributed by atoms with Crippen LogP contribution in [-0.4, -0.2) is 27.6 Å². The summed E-state index contributed by atoms with van der Waals surface area (Å²) in [6.07, 6.45) is 2.13. The first-order chi connectivity index (χ1) is 11.8. The van der Waals surface area contributed by atoms with Crippen LogP contribution in [0.5, 0.6) is 0 Å². The lowest BCUT2D eigenvalue weighted by Gasteiger charge is -2.00. The average molecular weight is 322 g/mol. The van der Waals surface area contributed by atoms with Gasteiger partial charge in [0.1, 0.15) is 5.82 Å². The van der Waals surface area contributed by atoms with Crippen LogP contribution in [-0.2, 0) is 6.42 Å². The van der Waals surface area contributed by atoms with E-state index < -0.39 is 0 Å². The minimum atomic E-state index is -0.298. The van der Waals surface area contributed by atoms with Crippen LogP contribution in [0.15, 0.2) is 57.7 Å². The highest BCUT2D eigenvalue weighted by Crippen LogP contribution is 2.20. The summed E-state index contributed by atoms with van der Waals surface area (Å²) in [5.41, 5.74) is 2.11. The van der Waals surface area contributed by atoms with Crippen molar-refractivity contribution in [1.82, 2.24) is 20.4 Å².